The fourth-order valence-corrected chi connectivity index (χ4v) is 0.939. The van der Waals surface area contributed by atoms with Crippen molar-refractivity contribution in [2.45, 2.75) is 19.8 Å². The van der Waals surface area contributed by atoms with Gasteiger partial charge in [-0.15, -0.1) is 0 Å². The van der Waals surface area contributed by atoms with E-state index in [1.54, 1.807) is 0 Å². The van der Waals surface area contributed by atoms with Gasteiger partial charge in [0.1, 0.15) is 0 Å². The molecular formula is C7H12O. The first-order valence-electron chi connectivity index (χ1n) is 2.98. The van der Waals surface area contributed by atoms with Crippen LogP contribution in [0.4, 0.5) is 0 Å². The molecule has 1 saturated carbocycles. The summed E-state index contributed by atoms with van der Waals surface area (Å²) in [5, 5.41) is 8.52. The van der Waals surface area contributed by atoms with Crippen LogP contribution in [-0.4, -0.2) is 11.7 Å². The lowest BCUT2D eigenvalue weighted by Gasteiger charge is -2.01. The van der Waals surface area contributed by atoms with Gasteiger partial charge in [0.15, 0.2) is 0 Å². The Balaban J connectivity index is 2.35. The molecule has 1 aliphatic carbocycles. The molecule has 0 radical (unpaired) electrons. The third-order valence-electron chi connectivity index (χ3n) is 2.00. The maximum Gasteiger partial charge on any atom is 0.0439 e. The molecule has 0 heterocycles. The van der Waals surface area contributed by atoms with Crippen molar-refractivity contribution < 1.29 is 5.11 Å². The van der Waals surface area contributed by atoms with Gasteiger partial charge in [-0.2, -0.15) is 0 Å². The van der Waals surface area contributed by atoms with Gasteiger partial charge in [-0.05, 0) is 18.3 Å². The number of hydrogen-bond acceptors (Lipinski definition) is 1. The predicted molar refractivity (Wildman–Crippen MR) is 33.6 cm³/mol. The Kier molecular flexibility index (Phi) is 1.16. The Hall–Kier alpha value is -0.300. The first-order chi connectivity index (χ1) is 3.69. The first kappa shape index (κ1) is 5.83. The summed E-state index contributed by atoms with van der Waals surface area (Å²) in [4.78, 5) is 0. The van der Waals surface area contributed by atoms with Gasteiger partial charge >= 0.3 is 0 Å². The topological polar surface area (TPSA) is 20.2 Å². The zero-order chi connectivity index (χ0) is 6.20. The zero-order valence-corrected chi connectivity index (χ0v) is 5.28. The lowest BCUT2D eigenvalue weighted by molar-refractivity contribution is 0.260. The zero-order valence-electron chi connectivity index (χ0n) is 5.28. The summed E-state index contributed by atoms with van der Waals surface area (Å²) in [5.41, 5.74) is 1.61. The highest BCUT2D eigenvalue weighted by Crippen LogP contribution is 2.52. The van der Waals surface area contributed by atoms with E-state index in [4.69, 9.17) is 5.11 Å². The first-order valence-corrected chi connectivity index (χ1v) is 2.98. The van der Waals surface area contributed by atoms with Crippen molar-refractivity contribution in [1.29, 1.82) is 0 Å². The van der Waals surface area contributed by atoms with Crippen LogP contribution in [0.3, 0.4) is 0 Å². The van der Waals surface area contributed by atoms with Gasteiger partial charge in [-0.3, -0.25) is 0 Å². The highest BCUT2D eigenvalue weighted by Gasteiger charge is 2.41. The van der Waals surface area contributed by atoms with Crippen molar-refractivity contribution in [1.82, 2.24) is 0 Å². The smallest absolute Gasteiger partial charge is 0.0439 e. The largest absolute Gasteiger partial charge is 0.396 e. The highest BCUT2D eigenvalue weighted by molar-refractivity contribution is 5.27. The molecule has 0 aliphatic heterocycles. The van der Waals surface area contributed by atoms with E-state index >= 15 is 0 Å². The van der Waals surface area contributed by atoms with Gasteiger partial charge in [-0.1, -0.05) is 19.1 Å². The summed E-state index contributed by atoms with van der Waals surface area (Å²) >= 11 is 0. The quantitative estimate of drug-likeness (QED) is 0.534. The van der Waals surface area contributed by atoms with Crippen LogP contribution in [0, 0.1) is 5.41 Å². The monoisotopic (exact) mass is 112 g/mol. The second kappa shape index (κ2) is 1.59. The Morgan fingerprint density at radius 3 is 2.50 bits per heavy atom. The van der Waals surface area contributed by atoms with E-state index in [1.165, 1.54) is 5.57 Å². The molecule has 8 heavy (non-hydrogen) atoms. The minimum Gasteiger partial charge on any atom is -0.396 e. The third-order valence-corrected chi connectivity index (χ3v) is 2.00. The molecule has 1 N–H and O–H groups in total. The highest BCUT2D eigenvalue weighted by atomic mass is 16.3. The fraction of sp³-hybridized carbons (Fsp3) is 0.714. The molecule has 0 aromatic rings. The van der Waals surface area contributed by atoms with Gasteiger partial charge in [0.05, 0.1) is 0 Å². The molecule has 1 nitrogen and oxygen atoms in total. The Bertz CT molecular complexity index is 118. The summed E-state index contributed by atoms with van der Waals surface area (Å²) in [6.07, 6.45) is 2.01. The Morgan fingerprint density at radius 1 is 1.88 bits per heavy atom. The van der Waals surface area contributed by atoms with Crippen LogP contribution in [0.2, 0.25) is 0 Å². The fourth-order valence-electron chi connectivity index (χ4n) is 0.939. The van der Waals surface area contributed by atoms with Gasteiger partial charge < -0.3 is 5.11 Å². The maximum absolute atomic E-state index is 8.52. The molecule has 0 aromatic carbocycles. The molecule has 0 saturated heterocycles. The molecule has 0 spiro atoms. The van der Waals surface area contributed by atoms with Crippen LogP contribution < -0.4 is 0 Å². The van der Waals surface area contributed by atoms with Crippen molar-refractivity contribution in [2.75, 3.05) is 6.61 Å². The summed E-state index contributed by atoms with van der Waals surface area (Å²) in [6, 6.07) is 0. The maximum atomic E-state index is 8.52. The predicted octanol–water partition coefficient (Wildman–Crippen LogP) is 1.33. The van der Waals surface area contributed by atoms with E-state index in [0.717, 1.165) is 12.8 Å². The van der Waals surface area contributed by atoms with Gasteiger partial charge in [0.2, 0.25) is 0 Å². The van der Waals surface area contributed by atoms with E-state index in [-0.39, 0.29) is 0 Å². The standard InChI is InChI=1S/C7H12O/c1-6-5-7(6,2)3-4-8/h8H,1,3-5H2,2H3. The average molecular weight is 112 g/mol. The second-order valence-electron chi connectivity index (χ2n) is 2.81. The molecule has 1 fully saturated rings. The minimum absolute atomic E-state index is 0.301. The van der Waals surface area contributed by atoms with Crippen molar-refractivity contribution >= 4 is 0 Å². The number of allylic oxidation sites excluding steroid dienone is 1. The third kappa shape index (κ3) is 0.781. The number of aliphatic hydroxyl groups excluding tert-OH is 1. The lowest BCUT2D eigenvalue weighted by atomic mass is 10.1. The molecule has 1 aliphatic rings. The van der Waals surface area contributed by atoms with Gasteiger partial charge in [0.25, 0.3) is 0 Å². The average Bonchev–Trinajstić information content (AvgIpc) is 2.16. The second-order valence-corrected chi connectivity index (χ2v) is 2.81. The van der Waals surface area contributed by atoms with Crippen molar-refractivity contribution in [3.8, 4) is 0 Å². The van der Waals surface area contributed by atoms with Crippen LogP contribution in [0.5, 0.6) is 0 Å². The minimum atomic E-state index is 0.301. The molecule has 46 valence electrons. The summed E-state index contributed by atoms with van der Waals surface area (Å²) < 4.78 is 0. The molecule has 1 atom stereocenters. The SMILES string of the molecule is C=C1CC1(C)CCO. The van der Waals surface area contributed by atoms with Crippen LogP contribution in [-0.2, 0) is 0 Å². The molecule has 1 unspecified atom stereocenters. The number of aliphatic hydroxyl groups is 1. The van der Waals surface area contributed by atoms with Crippen molar-refractivity contribution in [2.24, 2.45) is 5.41 Å². The van der Waals surface area contributed by atoms with Crippen LogP contribution in [0.1, 0.15) is 19.8 Å². The van der Waals surface area contributed by atoms with E-state index < -0.39 is 0 Å². The van der Waals surface area contributed by atoms with Crippen LogP contribution in [0.25, 0.3) is 0 Å². The van der Waals surface area contributed by atoms with E-state index in [0.29, 0.717) is 12.0 Å². The summed E-state index contributed by atoms with van der Waals surface area (Å²) in [6.45, 7) is 6.27. The van der Waals surface area contributed by atoms with Gasteiger partial charge in [-0.25, -0.2) is 0 Å². The van der Waals surface area contributed by atoms with Crippen molar-refractivity contribution in [3.05, 3.63) is 12.2 Å². The molecule has 1 rings (SSSR count). The molecule has 1 heteroatoms. The molecule has 0 aromatic heterocycles. The van der Waals surface area contributed by atoms with Gasteiger partial charge in [0, 0.05) is 6.61 Å². The Labute approximate surface area is 50.0 Å². The normalized spacial score (nSPS) is 35.5. The molecule has 0 bridgehead atoms. The van der Waals surface area contributed by atoms with Crippen LogP contribution in [0.15, 0.2) is 12.2 Å². The Morgan fingerprint density at radius 2 is 2.38 bits per heavy atom. The van der Waals surface area contributed by atoms with E-state index in [1.807, 2.05) is 0 Å². The number of hydrogen-bond donors (Lipinski definition) is 1. The molecular weight excluding hydrogens is 100 g/mol. The summed E-state index contributed by atoms with van der Waals surface area (Å²) in [7, 11) is 0. The molecule has 0 amide bonds. The lowest BCUT2D eigenvalue weighted by Crippen LogP contribution is -1.96. The van der Waals surface area contributed by atoms with Crippen molar-refractivity contribution in [3.63, 3.8) is 0 Å². The number of rotatable bonds is 2. The summed E-state index contributed by atoms with van der Waals surface area (Å²) in [5.74, 6) is 0. The van der Waals surface area contributed by atoms with E-state index in [9.17, 15) is 0 Å². The van der Waals surface area contributed by atoms with E-state index in [2.05, 4.69) is 13.5 Å². The van der Waals surface area contributed by atoms with Crippen LogP contribution >= 0.6 is 0 Å².